The minimum atomic E-state index is -0.146. The molecular formula is C14H20Cl3N3O. The molecule has 118 valence electrons. The van der Waals surface area contributed by atoms with Crippen molar-refractivity contribution >= 4 is 41.5 Å². The predicted octanol–water partition coefficient (Wildman–Crippen LogP) is 2.44. The predicted molar refractivity (Wildman–Crippen MR) is 90.0 cm³/mol. The molecule has 1 heterocycles. The van der Waals surface area contributed by atoms with Crippen LogP contribution in [-0.2, 0) is 0 Å². The summed E-state index contributed by atoms with van der Waals surface area (Å²) in [6.07, 6.45) is 0.941. The average molecular weight is 353 g/mol. The van der Waals surface area contributed by atoms with Gasteiger partial charge in [-0.25, -0.2) is 0 Å². The first-order valence-corrected chi connectivity index (χ1v) is 7.59. The van der Waals surface area contributed by atoms with Crippen molar-refractivity contribution < 1.29 is 4.79 Å². The molecule has 21 heavy (non-hydrogen) atoms. The van der Waals surface area contributed by atoms with Crippen molar-refractivity contribution in [3.05, 3.63) is 33.8 Å². The molecule has 4 nitrogen and oxygen atoms in total. The number of halogens is 3. The smallest absolute Gasteiger partial charge is 0.252 e. The van der Waals surface area contributed by atoms with Crippen LogP contribution in [-0.4, -0.2) is 50.1 Å². The molecule has 1 amide bonds. The molecule has 1 aliphatic rings. The maximum atomic E-state index is 12.0. The lowest BCUT2D eigenvalue weighted by Gasteiger charge is -2.27. The first kappa shape index (κ1) is 18.5. The molecule has 0 atom stereocenters. The van der Waals surface area contributed by atoms with Gasteiger partial charge in [-0.3, -0.25) is 4.79 Å². The molecule has 2 N–H and O–H groups in total. The van der Waals surface area contributed by atoms with Gasteiger partial charge in [0.25, 0.3) is 5.91 Å². The molecule has 7 heteroatoms. The lowest BCUT2D eigenvalue weighted by molar-refractivity contribution is 0.0951. The van der Waals surface area contributed by atoms with Gasteiger partial charge in [-0.2, -0.15) is 0 Å². The highest BCUT2D eigenvalue weighted by molar-refractivity contribution is 6.36. The van der Waals surface area contributed by atoms with Crippen molar-refractivity contribution in [1.29, 1.82) is 0 Å². The summed E-state index contributed by atoms with van der Waals surface area (Å²) in [4.78, 5) is 14.4. The largest absolute Gasteiger partial charge is 0.352 e. The molecule has 0 saturated carbocycles. The van der Waals surface area contributed by atoms with Crippen LogP contribution in [0.5, 0.6) is 0 Å². The van der Waals surface area contributed by atoms with E-state index in [0.717, 1.165) is 39.1 Å². The highest BCUT2D eigenvalue weighted by Gasteiger charge is 2.11. The van der Waals surface area contributed by atoms with Gasteiger partial charge in [0, 0.05) is 37.7 Å². The van der Waals surface area contributed by atoms with Gasteiger partial charge in [0.05, 0.1) is 10.6 Å². The van der Waals surface area contributed by atoms with E-state index in [9.17, 15) is 4.79 Å². The molecule has 1 aromatic rings. The van der Waals surface area contributed by atoms with Crippen LogP contribution in [0.1, 0.15) is 16.8 Å². The Hall–Kier alpha value is -0.520. The van der Waals surface area contributed by atoms with Gasteiger partial charge in [0.15, 0.2) is 0 Å². The highest BCUT2D eigenvalue weighted by atomic mass is 35.5. The number of nitrogens with zero attached hydrogens (tertiary/aromatic N) is 1. The lowest BCUT2D eigenvalue weighted by Crippen LogP contribution is -2.44. The van der Waals surface area contributed by atoms with Crippen LogP contribution < -0.4 is 10.6 Å². The monoisotopic (exact) mass is 351 g/mol. The van der Waals surface area contributed by atoms with E-state index in [-0.39, 0.29) is 18.3 Å². The molecule has 0 unspecified atom stereocenters. The van der Waals surface area contributed by atoms with Crippen molar-refractivity contribution in [1.82, 2.24) is 15.5 Å². The molecule has 0 aliphatic carbocycles. The third kappa shape index (κ3) is 6.01. The van der Waals surface area contributed by atoms with E-state index in [2.05, 4.69) is 15.5 Å². The second-order valence-corrected chi connectivity index (χ2v) is 5.67. The highest BCUT2D eigenvalue weighted by Crippen LogP contribution is 2.20. The molecule has 1 aromatic carbocycles. The fourth-order valence-corrected chi connectivity index (χ4v) is 2.70. The standard InChI is InChI=1S/C14H19Cl2N3O.ClH/c15-11-2-3-12(13(16)10-11)14(20)18-4-1-7-19-8-5-17-6-9-19;/h2-3,10,17H,1,4-9H2,(H,18,20);1H. The number of hydrogen-bond donors (Lipinski definition) is 2. The first-order valence-electron chi connectivity index (χ1n) is 6.83. The van der Waals surface area contributed by atoms with E-state index in [4.69, 9.17) is 23.2 Å². The Kier molecular flexibility index (Phi) is 8.37. The Morgan fingerprint density at radius 1 is 1.29 bits per heavy atom. The van der Waals surface area contributed by atoms with Crippen LogP contribution in [0.3, 0.4) is 0 Å². The number of rotatable bonds is 5. The van der Waals surface area contributed by atoms with Crippen molar-refractivity contribution in [2.24, 2.45) is 0 Å². The summed E-state index contributed by atoms with van der Waals surface area (Å²) in [6, 6.07) is 4.90. The van der Waals surface area contributed by atoms with Crippen LogP contribution in [0.4, 0.5) is 0 Å². The number of benzene rings is 1. The zero-order valence-electron chi connectivity index (χ0n) is 11.7. The van der Waals surface area contributed by atoms with Gasteiger partial charge in [0.1, 0.15) is 0 Å². The van der Waals surface area contributed by atoms with Crippen LogP contribution in [0.15, 0.2) is 18.2 Å². The summed E-state index contributed by atoms with van der Waals surface area (Å²) in [5.74, 6) is -0.146. The molecule has 0 aromatic heterocycles. The molecule has 0 bridgehead atoms. The van der Waals surface area contributed by atoms with Gasteiger partial charge in [-0.15, -0.1) is 12.4 Å². The number of piperazine rings is 1. The van der Waals surface area contributed by atoms with Crippen LogP contribution in [0.25, 0.3) is 0 Å². The van der Waals surface area contributed by atoms with E-state index in [1.165, 1.54) is 0 Å². The second kappa shape index (κ2) is 9.49. The van der Waals surface area contributed by atoms with Crippen molar-refractivity contribution in [3.63, 3.8) is 0 Å². The molecule has 1 saturated heterocycles. The quantitative estimate of drug-likeness (QED) is 0.800. The van der Waals surface area contributed by atoms with Gasteiger partial charge in [-0.1, -0.05) is 23.2 Å². The van der Waals surface area contributed by atoms with Gasteiger partial charge >= 0.3 is 0 Å². The fraction of sp³-hybridized carbons (Fsp3) is 0.500. The molecule has 1 fully saturated rings. The SMILES string of the molecule is Cl.O=C(NCCCN1CCNCC1)c1ccc(Cl)cc1Cl. The van der Waals surface area contributed by atoms with E-state index >= 15 is 0 Å². The van der Waals surface area contributed by atoms with Gasteiger partial charge in [-0.05, 0) is 31.2 Å². The summed E-state index contributed by atoms with van der Waals surface area (Å²) >= 11 is 11.8. The van der Waals surface area contributed by atoms with E-state index in [1.54, 1.807) is 18.2 Å². The van der Waals surface area contributed by atoms with Crippen LogP contribution >= 0.6 is 35.6 Å². The van der Waals surface area contributed by atoms with Gasteiger partial charge in [0.2, 0.25) is 0 Å². The number of carbonyl (C=O) groups is 1. The summed E-state index contributed by atoms with van der Waals surface area (Å²) < 4.78 is 0. The zero-order chi connectivity index (χ0) is 14.4. The maximum Gasteiger partial charge on any atom is 0.252 e. The van der Waals surface area contributed by atoms with E-state index < -0.39 is 0 Å². The van der Waals surface area contributed by atoms with Crippen LogP contribution in [0.2, 0.25) is 10.0 Å². The van der Waals surface area contributed by atoms with Gasteiger partial charge < -0.3 is 15.5 Å². The average Bonchev–Trinajstić information content (AvgIpc) is 2.44. The Labute approximate surface area is 141 Å². The zero-order valence-corrected chi connectivity index (χ0v) is 14.0. The molecule has 0 radical (unpaired) electrons. The Morgan fingerprint density at radius 3 is 2.67 bits per heavy atom. The third-order valence-electron chi connectivity index (χ3n) is 3.32. The molecular weight excluding hydrogens is 333 g/mol. The normalized spacial score (nSPS) is 15.3. The lowest BCUT2D eigenvalue weighted by atomic mass is 10.2. The number of nitrogens with one attached hydrogen (secondary N) is 2. The minimum Gasteiger partial charge on any atom is -0.352 e. The summed E-state index contributed by atoms with van der Waals surface area (Å²) in [5.41, 5.74) is 0.471. The van der Waals surface area contributed by atoms with Crippen molar-refractivity contribution in [2.45, 2.75) is 6.42 Å². The van der Waals surface area contributed by atoms with Crippen molar-refractivity contribution in [3.8, 4) is 0 Å². The minimum absolute atomic E-state index is 0. The topological polar surface area (TPSA) is 44.4 Å². The number of hydrogen-bond acceptors (Lipinski definition) is 3. The molecule has 0 spiro atoms. The number of amides is 1. The first-order chi connectivity index (χ1) is 9.66. The summed E-state index contributed by atoms with van der Waals surface area (Å²) in [6.45, 7) is 5.92. The molecule has 2 rings (SSSR count). The maximum absolute atomic E-state index is 12.0. The Balaban J connectivity index is 0.00000220. The van der Waals surface area contributed by atoms with Crippen molar-refractivity contribution in [2.75, 3.05) is 39.3 Å². The summed E-state index contributed by atoms with van der Waals surface area (Å²) in [7, 11) is 0. The fourth-order valence-electron chi connectivity index (χ4n) is 2.21. The Morgan fingerprint density at radius 2 is 2.00 bits per heavy atom. The third-order valence-corrected chi connectivity index (χ3v) is 3.87. The summed E-state index contributed by atoms with van der Waals surface area (Å²) in [5, 5.41) is 7.13. The van der Waals surface area contributed by atoms with E-state index in [1.807, 2.05) is 0 Å². The Bertz CT molecular complexity index is 465. The second-order valence-electron chi connectivity index (χ2n) is 4.83. The van der Waals surface area contributed by atoms with Crippen LogP contribution in [0, 0.1) is 0 Å². The van der Waals surface area contributed by atoms with E-state index in [0.29, 0.717) is 22.2 Å². The molecule has 1 aliphatic heterocycles. The number of carbonyl (C=O) groups excluding carboxylic acids is 1.